The summed E-state index contributed by atoms with van der Waals surface area (Å²) >= 11 is 0. The number of hydrogen-bond acceptors (Lipinski definition) is 7. The highest BCUT2D eigenvalue weighted by Crippen LogP contribution is 2.40. The lowest BCUT2D eigenvalue weighted by molar-refractivity contribution is -0.117. The molecule has 2 heterocycles. The fourth-order valence-corrected chi connectivity index (χ4v) is 3.40. The molecule has 0 bridgehead atoms. The van der Waals surface area contributed by atoms with Crippen molar-refractivity contribution in [3.63, 3.8) is 0 Å². The Morgan fingerprint density at radius 3 is 2.37 bits per heavy atom. The molecule has 0 saturated heterocycles. The zero-order valence-electron chi connectivity index (χ0n) is 18.2. The zero-order valence-corrected chi connectivity index (χ0v) is 18.2. The molecular weight excluding hydrogens is 386 g/mol. The third kappa shape index (κ3) is 4.94. The molecule has 0 radical (unpaired) electrons. The van der Waals surface area contributed by atoms with Crippen molar-refractivity contribution in [2.75, 3.05) is 46.3 Å². The van der Waals surface area contributed by atoms with Crippen molar-refractivity contribution in [3.05, 3.63) is 35.5 Å². The van der Waals surface area contributed by atoms with E-state index in [1.54, 1.807) is 27.4 Å². The van der Waals surface area contributed by atoms with E-state index in [0.717, 1.165) is 29.8 Å². The number of hydrogen-bond donors (Lipinski definition) is 1. The second kappa shape index (κ2) is 9.67. The molecule has 1 N–H and O–H groups in total. The third-order valence-electron chi connectivity index (χ3n) is 5.08. The maximum absolute atomic E-state index is 12.4. The molecular formula is C22H29N3O5. The van der Waals surface area contributed by atoms with E-state index in [0.29, 0.717) is 29.7 Å². The first kappa shape index (κ1) is 21.7. The topological polar surface area (TPSA) is 86.1 Å². The van der Waals surface area contributed by atoms with Gasteiger partial charge < -0.3 is 18.7 Å². The number of rotatable bonds is 8. The summed E-state index contributed by atoms with van der Waals surface area (Å²) in [5.74, 6) is 2.58. The third-order valence-corrected chi connectivity index (χ3v) is 5.08. The smallest absolute Gasteiger partial charge is 0.240 e. The molecule has 1 aliphatic rings. The molecule has 1 aromatic carbocycles. The molecule has 1 amide bonds. The molecule has 0 spiro atoms. The first-order valence-electron chi connectivity index (χ1n) is 9.93. The van der Waals surface area contributed by atoms with Crippen LogP contribution in [0, 0.1) is 0 Å². The molecule has 0 saturated carbocycles. The number of carbonyl (C=O) groups is 1. The molecule has 0 atom stereocenters. The lowest BCUT2D eigenvalue weighted by Gasteiger charge is -2.27. The normalized spacial score (nSPS) is 14.4. The van der Waals surface area contributed by atoms with Gasteiger partial charge in [0.2, 0.25) is 11.8 Å². The number of nitrogens with one attached hydrogen (secondary N) is 1. The van der Waals surface area contributed by atoms with E-state index >= 15 is 0 Å². The van der Waals surface area contributed by atoms with Crippen molar-refractivity contribution in [2.24, 2.45) is 0 Å². The number of amides is 1. The summed E-state index contributed by atoms with van der Waals surface area (Å²) < 4.78 is 21.6. The van der Waals surface area contributed by atoms with Crippen LogP contribution >= 0.6 is 0 Å². The lowest BCUT2D eigenvalue weighted by Crippen LogP contribution is -2.36. The number of aromatic nitrogens is 1. The summed E-state index contributed by atoms with van der Waals surface area (Å²) in [7, 11) is 4.87. The molecule has 0 fully saturated rings. The minimum atomic E-state index is -0.127. The second-order valence-corrected chi connectivity index (χ2v) is 7.44. The highest BCUT2D eigenvalue weighted by atomic mass is 16.5. The van der Waals surface area contributed by atoms with E-state index in [9.17, 15) is 4.79 Å². The van der Waals surface area contributed by atoms with Crippen molar-refractivity contribution < 1.29 is 23.5 Å². The van der Waals surface area contributed by atoms with Crippen LogP contribution < -0.4 is 19.5 Å². The number of anilines is 1. The minimum absolute atomic E-state index is 0.127. The van der Waals surface area contributed by atoms with E-state index in [1.807, 2.05) is 26.0 Å². The molecule has 0 aliphatic carbocycles. The predicted octanol–water partition coefficient (Wildman–Crippen LogP) is 3.55. The van der Waals surface area contributed by atoms with Crippen LogP contribution in [0.15, 0.2) is 28.8 Å². The van der Waals surface area contributed by atoms with Crippen LogP contribution in [0.1, 0.15) is 37.4 Å². The van der Waals surface area contributed by atoms with E-state index in [2.05, 4.69) is 21.4 Å². The van der Waals surface area contributed by atoms with E-state index in [1.165, 1.54) is 0 Å². The number of methoxy groups -OCH3 is 3. The molecule has 8 heteroatoms. The summed E-state index contributed by atoms with van der Waals surface area (Å²) in [5, 5.41) is 6.73. The van der Waals surface area contributed by atoms with Crippen LogP contribution in [-0.4, -0.2) is 56.9 Å². The summed E-state index contributed by atoms with van der Waals surface area (Å²) in [6, 6.07) is 5.46. The second-order valence-electron chi connectivity index (χ2n) is 7.44. The van der Waals surface area contributed by atoms with E-state index in [-0.39, 0.29) is 18.4 Å². The van der Waals surface area contributed by atoms with E-state index < -0.39 is 0 Å². The van der Waals surface area contributed by atoms with Gasteiger partial charge in [-0.25, -0.2) is 0 Å². The van der Waals surface area contributed by atoms with Crippen molar-refractivity contribution in [1.82, 2.24) is 10.1 Å². The van der Waals surface area contributed by atoms with Gasteiger partial charge in [-0.2, -0.15) is 0 Å². The molecule has 1 aliphatic heterocycles. The number of carbonyl (C=O) groups excluding carboxylic acids is 1. The van der Waals surface area contributed by atoms with E-state index in [4.69, 9.17) is 18.7 Å². The number of benzene rings is 1. The lowest BCUT2D eigenvalue weighted by atomic mass is 9.97. The van der Waals surface area contributed by atoms with Gasteiger partial charge >= 0.3 is 0 Å². The Balaban J connectivity index is 1.65. The van der Waals surface area contributed by atoms with Crippen molar-refractivity contribution >= 4 is 17.4 Å². The van der Waals surface area contributed by atoms with Crippen LogP contribution in [0.2, 0.25) is 0 Å². The highest BCUT2D eigenvalue weighted by molar-refractivity contribution is 5.91. The summed E-state index contributed by atoms with van der Waals surface area (Å²) in [6.45, 7) is 5.71. The van der Waals surface area contributed by atoms with Crippen LogP contribution in [0.3, 0.4) is 0 Å². The molecule has 1 aromatic heterocycles. The maximum Gasteiger partial charge on any atom is 0.240 e. The Labute approximate surface area is 176 Å². The first-order valence-corrected chi connectivity index (χ1v) is 9.93. The standard InChI is InChI=1S/C22H29N3O5/c1-14(2)17-12-21(30-24-17)23-20(26)13-25-8-6-15(7-9-25)22-18(28-4)10-16(27-3)11-19(22)29-5/h6,10-12,14H,7-9,13H2,1-5H3,(H,23,26). The van der Waals surface area contributed by atoms with Crippen molar-refractivity contribution in [3.8, 4) is 17.2 Å². The summed E-state index contributed by atoms with van der Waals surface area (Å²) in [6.07, 6.45) is 2.88. The fraction of sp³-hybridized carbons (Fsp3) is 0.455. The van der Waals surface area contributed by atoms with Gasteiger partial charge in [0, 0.05) is 31.3 Å². The predicted molar refractivity (Wildman–Crippen MR) is 114 cm³/mol. The molecule has 8 nitrogen and oxygen atoms in total. The Morgan fingerprint density at radius 2 is 1.87 bits per heavy atom. The number of ether oxygens (including phenoxy) is 3. The monoisotopic (exact) mass is 415 g/mol. The van der Waals surface area contributed by atoms with Crippen molar-refractivity contribution in [1.29, 1.82) is 0 Å². The largest absolute Gasteiger partial charge is 0.496 e. The average molecular weight is 415 g/mol. The Bertz CT molecular complexity index is 894. The first-order chi connectivity index (χ1) is 14.4. The highest BCUT2D eigenvalue weighted by Gasteiger charge is 2.22. The molecule has 162 valence electrons. The molecule has 30 heavy (non-hydrogen) atoms. The maximum atomic E-state index is 12.4. The quantitative estimate of drug-likeness (QED) is 0.706. The summed E-state index contributed by atoms with van der Waals surface area (Å²) in [4.78, 5) is 14.4. The van der Waals surface area contributed by atoms with Gasteiger partial charge in [-0.05, 0) is 17.9 Å². The van der Waals surface area contributed by atoms with Crippen LogP contribution in [0.5, 0.6) is 17.2 Å². The van der Waals surface area contributed by atoms with Crippen LogP contribution in [0.4, 0.5) is 5.88 Å². The van der Waals surface area contributed by atoms with Crippen LogP contribution in [0.25, 0.3) is 5.57 Å². The van der Waals surface area contributed by atoms with Gasteiger partial charge in [-0.15, -0.1) is 0 Å². The molecule has 2 aromatic rings. The average Bonchev–Trinajstić information content (AvgIpc) is 3.22. The Morgan fingerprint density at radius 1 is 1.17 bits per heavy atom. The fourth-order valence-electron chi connectivity index (χ4n) is 3.40. The van der Waals surface area contributed by atoms with Gasteiger partial charge in [0.05, 0.1) is 39.1 Å². The Hall–Kier alpha value is -3.00. The Kier molecular flexibility index (Phi) is 6.99. The van der Waals surface area contributed by atoms with Gasteiger partial charge in [0.25, 0.3) is 0 Å². The molecule has 3 rings (SSSR count). The van der Waals surface area contributed by atoms with Gasteiger partial charge in [-0.3, -0.25) is 15.0 Å². The van der Waals surface area contributed by atoms with Crippen LogP contribution in [-0.2, 0) is 4.79 Å². The SMILES string of the molecule is COc1cc(OC)c(C2=CCN(CC(=O)Nc3cc(C(C)C)no3)CC2)c(OC)c1. The van der Waals surface area contributed by atoms with Gasteiger partial charge in [0.1, 0.15) is 17.2 Å². The van der Waals surface area contributed by atoms with Gasteiger partial charge in [0.15, 0.2) is 0 Å². The minimum Gasteiger partial charge on any atom is -0.496 e. The molecule has 0 unspecified atom stereocenters. The van der Waals surface area contributed by atoms with Crippen molar-refractivity contribution in [2.45, 2.75) is 26.2 Å². The van der Waals surface area contributed by atoms with Gasteiger partial charge in [-0.1, -0.05) is 25.1 Å². The summed E-state index contributed by atoms with van der Waals surface area (Å²) in [5.41, 5.74) is 2.87. The zero-order chi connectivity index (χ0) is 21.7. The number of nitrogens with zero attached hydrogens (tertiary/aromatic N) is 2.